The summed E-state index contributed by atoms with van der Waals surface area (Å²) in [4.78, 5) is 12.1. The number of carbonyl (C=O) groups excluding carboxylic acids is 1. The van der Waals surface area contributed by atoms with Gasteiger partial charge in [-0.25, -0.2) is 5.84 Å². The second-order valence-corrected chi connectivity index (χ2v) is 7.09. The molecule has 0 unspecified atom stereocenters. The third-order valence-electron chi connectivity index (χ3n) is 4.57. The molecule has 0 saturated heterocycles. The number of Topliss-reactive ketones (excluding diaryl/α,β-unsaturated/α-hetero) is 1. The molecule has 0 radical (unpaired) electrons. The molecule has 0 aliphatic carbocycles. The van der Waals surface area contributed by atoms with Crippen molar-refractivity contribution in [1.82, 2.24) is 5.43 Å². The number of aryl methyl sites for hydroxylation is 1. The van der Waals surface area contributed by atoms with E-state index in [1.165, 1.54) is 0 Å². The first-order valence-corrected chi connectivity index (χ1v) is 9.39. The van der Waals surface area contributed by atoms with Crippen LogP contribution in [-0.2, 0) is 17.4 Å². The fourth-order valence-electron chi connectivity index (χ4n) is 2.82. The molecular weight excluding hydrogens is 409 g/mol. The first kappa shape index (κ1) is 23.8. The summed E-state index contributed by atoms with van der Waals surface area (Å²) in [6.45, 7) is 3.58. The Morgan fingerprint density at radius 1 is 1.16 bits per heavy atom. The van der Waals surface area contributed by atoms with E-state index in [2.05, 4.69) is 22.4 Å². The predicted octanol–water partition coefficient (Wildman–Crippen LogP) is 3.05. The Morgan fingerprint density at radius 3 is 2.39 bits per heavy atom. The van der Waals surface area contributed by atoms with Crippen molar-refractivity contribution in [1.29, 1.82) is 0 Å². The molecule has 0 amide bonds. The molecule has 0 aliphatic heterocycles. The molecule has 6 N–H and O–H groups in total. The number of hydrogen-bond donors (Lipinski definition) is 4. The molecule has 0 atom stereocenters. The van der Waals surface area contributed by atoms with Crippen molar-refractivity contribution in [3.8, 4) is 17.6 Å². The second kappa shape index (κ2) is 10.00. The summed E-state index contributed by atoms with van der Waals surface area (Å²) in [5.41, 5.74) is 2.70. The zero-order chi connectivity index (χ0) is 23.2. The van der Waals surface area contributed by atoms with Crippen molar-refractivity contribution >= 4 is 11.6 Å². The summed E-state index contributed by atoms with van der Waals surface area (Å²) in [5, 5.41) is 12.9. The highest BCUT2D eigenvalue weighted by Crippen LogP contribution is 2.33. The van der Waals surface area contributed by atoms with Crippen LogP contribution in [0.2, 0.25) is 0 Å². The molecule has 164 valence electrons. The minimum Gasteiger partial charge on any atom is -0.508 e. The third kappa shape index (κ3) is 6.23. The average molecular weight is 432 g/mol. The maximum absolute atomic E-state index is 13.3. The van der Waals surface area contributed by atoms with Crippen LogP contribution in [0.5, 0.6) is 5.75 Å². The van der Waals surface area contributed by atoms with Crippen LogP contribution >= 0.6 is 0 Å². The standard InChI is InChI=1S/C22H23F3N4O2/c1-13(2)20(31)10-8-16-11-17(21(28-26)29-27)6-4-14(16)3-5-15-7-9-18(30)12-19(15)22(23,24)25/h4,6-7,9,11-13,30H,8,10,26-27H2,1-2H3,(H,28,29). The van der Waals surface area contributed by atoms with E-state index in [1.807, 2.05) is 0 Å². The van der Waals surface area contributed by atoms with Gasteiger partial charge in [0.15, 0.2) is 5.84 Å². The van der Waals surface area contributed by atoms with E-state index in [1.54, 1.807) is 32.0 Å². The number of benzene rings is 2. The first-order valence-electron chi connectivity index (χ1n) is 9.39. The number of hydrazine groups is 1. The number of alkyl halides is 3. The number of phenolic OH excluding ortho intramolecular Hbond substituents is 1. The SMILES string of the molecule is CC(C)C(=O)CCc1cc(/C(=N/N)NN)ccc1C#Cc1ccc(O)cc1C(F)(F)F. The number of hydrogen-bond acceptors (Lipinski definition) is 5. The highest BCUT2D eigenvalue weighted by molar-refractivity contribution is 5.98. The molecule has 6 nitrogen and oxygen atoms in total. The molecule has 9 heteroatoms. The van der Waals surface area contributed by atoms with Gasteiger partial charge < -0.3 is 16.4 Å². The predicted molar refractivity (Wildman–Crippen MR) is 112 cm³/mol. The second-order valence-electron chi connectivity index (χ2n) is 7.09. The maximum Gasteiger partial charge on any atom is 0.417 e. The molecule has 2 rings (SSSR count). The smallest absolute Gasteiger partial charge is 0.417 e. The molecule has 31 heavy (non-hydrogen) atoms. The van der Waals surface area contributed by atoms with Crippen LogP contribution in [0.3, 0.4) is 0 Å². The molecular formula is C22H23F3N4O2. The van der Waals surface area contributed by atoms with E-state index in [9.17, 15) is 23.1 Å². The Bertz CT molecular complexity index is 1050. The van der Waals surface area contributed by atoms with Crippen molar-refractivity contribution in [3.05, 3.63) is 64.2 Å². The monoisotopic (exact) mass is 432 g/mol. The summed E-state index contributed by atoms with van der Waals surface area (Å²) in [7, 11) is 0. The summed E-state index contributed by atoms with van der Waals surface area (Å²) < 4.78 is 39.8. The Morgan fingerprint density at radius 2 is 1.81 bits per heavy atom. The van der Waals surface area contributed by atoms with Crippen LogP contribution in [0.15, 0.2) is 41.5 Å². The van der Waals surface area contributed by atoms with Crippen LogP contribution in [0.25, 0.3) is 0 Å². The van der Waals surface area contributed by atoms with Crippen LogP contribution in [0, 0.1) is 17.8 Å². The Hall–Kier alpha value is -3.51. The summed E-state index contributed by atoms with van der Waals surface area (Å²) >= 11 is 0. The highest BCUT2D eigenvalue weighted by atomic mass is 19.4. The molecule has 0 aliphatic rings. The van der Waals surface area contributed by atoms with Gasteiger partial charge in [0.25, 0.3) is 0 Å². The van der Waals surface area contributed by atoms with Crippen molar-refractivity contribution in [2.75, 3.05) is 0 Å². The van der Waals surface area contributed by atoms with E-state index in [-0.39, 0.29) is 29.5 Å². The summed E-state index contributed by atoms with van der Waals surface area (Å²) in [5.74, 6) is 15.6. The Labute approximate surface area is 178 Å². The number of hydrazone groups is 1. The largest absolute Gasteiger partial charge is 0.508 e. The first-order chi connectivity index (χ1) is 14.6. The number of phenols is 1. The average Bonchev–Trinajstić information content (AvgIpc) is 2.71. The van der Waals surface area contributed by atoms with Crippen molar-refractivity contribution < 1.29 is 23.1 Å². The minimum absolute atomic E-state index is 0.0480. The minimum atomic E-state index is -4.67. The van der Waals surface area contributed by atoms with Gasteiger partial charge in [-0.3, -0.25) is 4.79 Å². The zero-order valence-corrected chi connectivity index (χ0v) is 17.0. The number of nitrogens with one attached hydrogen (secondary N) is 1. The van der Waals surface area contributed by atoms with Crippen molar-refractivity contribution in [2.24, 2.45) is 22.7 Å². The normalized spacial score (nSPS) is 11.8. The lowest BCUT2D eigenvalue weighted by Crippen LogP contribution is -2.32. The van der Waals surface area contributed by atoms with E-state index >= 15 is 0 Å². The van der Waals surface area contributed by atoms with Crippen LogP contribution in [-0.4, -0.2) is 16.7 Å². The van der Waals surface area contributed by atoms with Gasteiger partial charge >= 0.3 is 6.18 Å². The van der Waals surface area contributed by atoms with Crippen LogP contribution in [0.4, 0.5) is 13.2 Å². The van der Waals surface area contributed by atoms with Gasteiger partial charge in [0.1, 0.15) is 11.5 Å². The molecule has 0 spiro atoms. The van der Waals surface area contributed by atoms with Crippen molar-refractivity contribution in [2.45, 2.75) is 32.9 Å². The van der Waals surface area contributed by atoms with E-state index < -0.39 is 17.5 Å². The van der Waals surface area contributed by atoms with Gasteiger partial charge in [0, 0.05) is 29.0 Å². The highest BCUT2D eigenvalue weighted by Gasteiger charge is 2.33. The zero-order valence-electron chi connectivity index (χ0n) is 17.0. The summed E-state index contributed by atoms with van der Waals surface area (Å²) in [6.07, 6.45) is -4.09. The van der Waals surface area contributed by atoms with Gasteiger partial charge in [0.05, 0.1) is 5.56 Å². The number of nitrogens with two attached hydrogens (primary N) is 2. The molecule has 0 bridgehead atoms. The maximum atomic E-state index is 13.3. The number of rotatable bonds is 5. The number of halogens is 3. The van der Waals surface area contributed by atoms with Gasteiger partial charge in [-0.05, 0) is 48.4 Å². The lowest BCUT2D eigenvalue weighted by atomic mass is 9.95. The summed E-state index contributed by atoms with van der Waals surface area (Å²) in [6, 6.07) is 7.79. The van der Waals surface area contributed by atoms with Gasteiger partial charge in [-0.15, -0.1) is 0 Å². The van der Waals surface area contributed by atoms with Gasteiger partial charge in [-0.2, -0.15) is 18.3 Å². The van der Waals surface area contributed by atoms with Crippen LogP contribution in [0.1, 0.15) is 48.1 Å². The molecule has 2 aromatic rings. The molecule has 0 fully saturated rings. The topological polar surface area (TPSA) is 114 Å². The number of aromatic hydroxyl groups is 1. The molecule has 0 saturated carbocycles. The number of ketones is 1. The number of nitrogens with zero attached hydrogens (tertiary/aromatic N) is 1. The fraction of sp³-hybridized carbons (Fsp3) is 0.273. The molecule has 0 heterocycles. The van der Waals surface area contributed by atoms with Gasteiger partial charge in [0.2, 0.25) is 0 Å². The van der Waals surface area contributed by atoms with E-state index in [0.717, 1.165) is 12.1 Å². The fourth-order valence-corrected chi connectivity index (χ4v) is 2.82. The molecule has 2 aromatic carbocycles. The quantitative estimate of drug-likeness (QED) is 0.191. The van der Waals surface area contributed by atoms with Crippen LogP contribution < -0.4 is 17.1 Å². The lowest BCUT2D eigenvalue weighted by Gasteiger charge is -2.11. The lowest BCUT2D eigenvalue weighted by molar-refractivity contribution is -0.137. The van der Waals surface area contributed by atoms with Crippen molar-refractivity contribution in [3.63, 3.8) is 0 Å². The number of carbonyl (C=O) groups is 1. The Balaban J connectivity index is 2.51. The third-order valence-corrected chi connectivity index (χ3v) is 4.57. The number of amidine groups is 1. The van der Waals surface area contributed by atoms with E-state index in [0.29, 0.717) is 29.2 Å². The Kier molecular flexibility index (Phi) is 7.67. The van der Waals surface area contributed by atoms with E-state index in [4.69, 9.17) is 11.7 Å². The molecule has 0 aromatic heterocycles. The van der Waals surface area contributed by atoms with Gasteiger partial charge in [-0.1, -0.05) is 25.7 Å².